The summed E-state index contributed by atoms with van der Waals surface area (Å²) in [4.78, 5) is 10.7. The molecule has 1 aliphatic rings. The summed E-state index contributed by atoms with van der Waals surface area (Å²) < 4.78 is 4.41. The van der Waals surface area contributed by atoms with Crippen molar-refractivity contribution in [3.8, 4) is 0 Å². The monoisotopic (exact) mass is 208 g/mol. The summed E-state index contributed by atoms with van der Waals surface area (Å²) in [5.74, 6) is -1.06. The molecule has 0 radical (unpaired) electrons. The van der Waals surface area contributed by atoms with Crippen molar-refractivity contribution in [2.24, 2.45) is 0 Å². The second-order valence-electron chi connectivity index (χ2n) is 3.08. The minimum atomic E-state index is -1.72. The van der Waals surface area contributed by atoms with Gasteiger partial charge in [-0.1, -0.05) is 0 Å². The molecule has 1 aliphatic heterocycles. The van der Waals surface area contributed by atoms with Gasteiger partial charge < -0.3 is 30.3 Å². The summed E-state index contributed by atoms with van der Waals surface area (Å²) >= 11 is 0. The Labute approximate surface area is 79.2 Å². The molecule has 1 fully saturated rings. The van der Waals surface area contributed by atoms with Gasteiger partial charge in [0.1, 0.15) is 18.3 Å². The van der Waals surface area contributed by atoms with E-state index in [1.807, 2.05) is 0 Å². The highest BCUT2D eigenvalue weighted by Crippen LogP contribution is 2.20. The van der Waals surface area contributed by atoms with E-state index in [4.69, 9.17) is 15.3 Å². The molecule has 1 rings (SSSR count). The van der Waals surface area contributed by atoms with Crippen LogP contribution in [-0.4, -0.2) is 68.6 Å². The molecule has 5 N–H and O–H groups in total. The zero-order valence-corrected chi connectivity index (χ0v) is 7.15. The van der Waals surface area contributed by atoms with Crippen molar-refractivity contribution in [1.29, 1.82) is 0 Å². The third-order valence-corrected chi connectivity index (χ3v) is 2.07. The molecule has 82 valence electrons. The Kier molecular flexibility index (Phi) is 3.40. The van der Waals surface area contributed by atoms with Crippen LogP contribution in [0.15, 0.2) is 0 Å². The predicted molar refractivity (Wildman–Crippen MR) is 41.0 cm³/mol. The first kappa shape index (κ1) is 11.3. The Balaban J connectivity index is 2.66. The lowest BCUT2D eigenvalue weighted by Crippen LogP contribution is -2.46. The smallest absolute Gasteiger partial charge is 0.338 e. The SMILES string of the molecule is O=C1O[C@@H]([C@H](O)[C@H](O)CO)[C@@H](O)[C@@H]1O. The first-order chi connectivity index (χ1) is 6.49. The molecule has 1 saturated heterocycles. The van der Waals surface area contributed by atoms with Gasteiger partial charge in [-0.05, 0) is 0 Å². The first-order valence-electron chi connectivity index (χ1n) is 4.02. The van der Waals surface area contributed by atoms with E-state index in [1.165, 1.54) is 0 Å². The lowest BCUT2D eigenvalue weighted by Gasteiger charge is -2.23. The highest BCUT2D eigenvalue weighted by molar-refractivity contribution is 5.77. The fourth-order valence-electron chi connectivity index (χ4n) is 1.19. The molecule has 7 nitrogen and oxygen atoms in total. The molecule has 0 saturated carbocycles. The van der Waals surface area contributed by atoms with Gasteiger partial charge in [-0.25, -0.2) is 4.79 Å². The Morgan fingerprint density at radius 2 is 1.93 bits per heavy atom. The van der Waals surface area contributed by atoms with Crippen LogP contribution in [0.4, 0.5) is 0 Å². The highest BCUT2D eigenvalue weighted by Gasteiger charge is 2.47. The quantitative estimate of drug-likeness (QED) is 0.302. The Morgan fingerprint density at radius 3 is 2.29 bits per heavy atom. The van der Waals surface area contributed by atoms with Gasteiger partial charge in [-0.2, -0.15) is 0 Å². The van der Waals surface area contributed by atoms with Crippen LogP contribution in [0.25, 0.3) is 0 Å². The maximum atomic E-state index is 10.7. The number of esters is 1. The van der Waals surface area contributed by atoms with E-state index in [1.54, 1.807) is 0 Å². The maximum Gasteiger partial charge on any atom is 0.338 e. The van der Waals surface area contributed by atoms with Crippen molar-refractivity contribution in [1.82, 2.24) is 0 Å². The van der Waals surface area contributed by atoms with Crippen molar-refractivity contribution in [3.63, 3.8) is 0 Å². The van der Waals surface area contributed by atoms with Gasteiger partial charge in [0.05, 0.1) is 6.61 Å². The first-order valence-corrected chi connectivity index (χ1v) is 4.02. The Bertz CT molecular complexity index is 218. The van der Waals surface area contributed by atoms with Crippen molar-refractivity contribution in [3.05, 3.63) is 0 Å². The van der Waals surface area contributed by atoms with Gasteiger partial charge in [0.2, 0.25) is 0 Å². The number of ether oxygens (including phenoxy) is 1. The van der Waals surface area contributed by atoms with E-state index >= 15 is 0 Å². The van der Waals surface area contributed by atoms with E-state index in [0.717, 1.165) is 0 Å². The molecule has 0 aromatic carbocycles. The van der Waals surface area contributed by atoms with Crippen LogP contribution in [0.2, 0.25) is 0 Å². The topological polar surface area (TPSA) is 127 Å². The molecule has 0 spiro atoms. The van der Waals surface area contributed by atoms with E-state index < -0.39 is 43.1 Å². The van der Waals surface area contributed by atoms with Gasteiger partial charge in [-0.3, -0.25) is 0 Å². The van der Waals surface area contributed by atoms with Gasteiger partial charge in [-0.15, -0.1) is 0 Å². The lowest BCUT2D eigenvalue weighted by atomic mass is 10.0. The third-order valence-electron chi connectivity index (χ3n) is 2.07. The average Bonchev–Trinajstić information content (AvgIpc) is 2.43. The fourth-order valence-corrected chi connectivity index (χ4v) is 1.19. The Hall–Kier alpha value is -0.730. The highest BCUT2D eigenvalue weighted by atomic mass is 16.6. The van der Waals surface area contributed by atoms with E-state index in [2.05, 4.69) is 4.74 Å². The number of carbonyl (C=O) groups is 1. The molecule has 0 aliphatic carbocycles. The molecule has 14 heavy (non-hydrogen) atoms. The number of carbonyl (C=O) groups excluding carboxylic acids is 1. The molecule has 0 bridgehead atoms. The van der Waals surface area contributed by atoms with Crippen LogP contribution in [0, 0.1) is 0 Å². The number of aliphatic hydroxyl groups is 5. The second-order valence-corrected chi connectivity index (χ2v) is 3.08. The molecular weight excluding hydrogens is 196 g/mol. The minimum Gasteiger partial charge on any atom is -0.455 e. The normalized spacial score (nSPS) is 36.6. The van der Waals surface area contributed by atoms with Crippen LogP contribution in [0.1, 0.15) is 0 Å². The van der Waals surface area contributed by atoms with Crippen LogP contribution in [0.3, 0.4) is 0 Å². The number of cyclic esters (lactones) is 1. The second kappa shape index (κ2) is 4.20. The summed E-state index contributed by atoms with van der Waals surface area (Å²) in [5, 5.41) is 44.9. The largest absolute Gasteiger partial charge is 0.455 e. The van der Waals surface area contributed by atoms with Gasteiger partial charge in [0.15, 0.2) is 12.2 Å². The maximum absolute atomic E-state index is 10.7. The summed E-state index contributed by atoms with van der Waals surface area (Å²) in [5.41, 5.74) is 0. The molecule has 0 aromatic rings. The lowest BCUT2D eigenvalue weighted by molar-refractivity contribution is -0.155. The number of hydrogen-bond donors (Lipinski definition) is 5. The van der Waals surface area contributed by atoms with Crippen LogP contribution < -0.4 is 0 Å². The van der Waals surface area contributed by atoms with Gasteiger partial charge in [0.25, 0.3) is 0 Å². The molecule has 0 unspecified atom stereocenters. The fraction of sp³-hybridized carbons (Fsp3) is 0.857. The molecule has 5 atom stereocenters. The predicted octanol–water partition coefficient (Wildman–Crippen LogP) is -3.65. The van der Waals surface area contributed by atoms with Crippen LogP contribution in [0.5, 0.6) is 0 Å². The molecular formula is C7H12O7. The van der Waals surface area contributed by atoms with E-state index in [0.29, 0.717) is 0 Å². The standard InChI is InChI=1S/C7H12O7/c8-1-2(9)3(10)6-4(11)5(12)7(13)14-6/h2-6,8-12H,1H2/t2-,3-,4+,5+,6+/m1/s1. The molecule has 7 heteroatoms. The number of hydrogen-bond acceptors (Lipinski definition) is 7. The van der Waals surface area contributed by atoms with E-state index in [9.17, 15) is 15.0 Å². The van der Waals surface area contributed by atoms with Crippen LogP contribution >= 0.6 is 0 Å². The van der Waals surface area contributed by atoms with Crippen molar-refractivity contribution >= 4 is 5.97 Å². The van der Waals surface area contributed by atoms with Crippen LogP contribution in [-0.2, 0) is 9.53 Å². The average molecular weight is 208 g/mol. The molecule has 1 heterocycles. The number of aliphatic hydroxyl groups excluding tert-OH is 5. The van der Waals surface area contributed by atoms with Crippen molar-refractivity contribution in [2.45, 2.75) is 30.5 Å². The molecule has 0 aromatic heterocycles. The van der Waals surface area contributed by atoms with Gasteiger partial charge in [0, 0.05) is 0 Å². The van der Waals surface area contributed by atoms with E-state index in [-0.39, 0.29) is 0 Å². The van der Waals surface area contributed by atoms with Crippen molar-refractivity contribution < 1.29 is 35.1 Å². The van der Waals surface area contributed by atoms with Gasteiger partial charge >= 0.3 is 5.97 Å². The minimum absolute atomic E-state index is 0.738. The zero-order valence-electron chi connectivity index (χ0n) is 7.15. The third kappa shape index (κ3) is 1.86. The zero-order chi connectivity index (χ0) is 10.9. The summed E-state index contributed by atoms with van der Waals surface area (Å²) in [7, 11) is 0. The van der Waals surface area contributed by atoms with Crippen molar-refractivity contribution in [2.75, 3.05) is 6.61 Å². The summed E-state index contributed by atoms with van der Waals surface area (Å²) in [6, 6.07) is 0. The summed E-state index contributed by atoms with van der Waals surface area (Å²) in [6.45, 7) is -0.738. The summed E-state index contributed by atoms with van der Waals surface area (Å²) in [6.07, 6.45) is -7.90. The molecule has 0 amide bonds. The Morgan fingerprint density at radius 1 is 1.36 bits per heavy atom. The number of rotatable bonds is 3.